The van der Waals surface area contributed by atoms with Crippen molar-refractivity contribution in [3.05, 3.63) is 70.6 Å². The van der Waals surface area contributed by atoms with Gasteiger partial charge in [-0.1, -0.05) is 30.3 Å². The van der Waals surface area contributed by atoms with Crippen LogP contribution in [-0.4, -0.2) is 0 Å². The van der Waals surface area contributed by atoms with Crippen LogP contribution in [0.3, 0.4) is 0 Å². The van der Waals surface area contributed by atoms with Crippen molar-refractivity contribution in [3.8, 4) is 5.75 Å². The number of nitrogens with two attached hydrogens (primary N) is 1. The van der Waals surface area contributed by atoms with E-state index in [2.05, 4.69) is 0 Å². The molecular formula is C16H13NO3. The predicted octanol–water partition coefficient (Wildman–Crippen LogP) is 2.95. The maximum Gasteiger partial charge on any atom is 0.359 e. The number of ether oxygens (including phenoxy) is 1. The second-order valence-corrected chi connectivity index (χ2v) is 4.46. The minimum atomic E-state index is -0.530. The Labute approximate surface area is 115 Å². The molecule has 2 N–H and O–H groups in total. The summed E-state index contributed by atoms with van der Waals surface area (Å²) in [6.07, 6.45) is 0. The molecule has 20 heavy (non-hydrogen) atoms. The summed E-state index contributed by atoms with van der Waals surface area (Å²) in [4.78, 5) is 11.4. The van der Waals surface area contributed by atoms with Crippen LogP contribution in [0.25, 0.3) is 11.0 Å². The molecule has 0 atom stereocenters. The number of fused-ring (bicyclic) bond motifs is 1. The molecule has 100 valence electrons. The Morgan fingerprint density at radius 2 is 1.85 bits per heavy atom. The lowest BCUT2D eigenvalue weighted by molar-refractivity contribution is 0.306. The number of anilines is 1. The van der Waals surface area contributed by atoms with Gasteiger partial charge in [0.15, 0.2) is 0 Å². The van der Waals surface area contributed by atoms with Gasteiger partial charge in [0.2, 0.25) is 0 Å². The Morgan fingerprint density at radius 3 is 2.65 bits per heavy atom. The monoisotopic (exact) mass is 267 g/mol. The highest BCUT2D eigenvalue weighted by molar-refractivity contribution is 5.80. The molecule has 0 fully saturated rings. The van der Waals surface area contributed by atoms with E-state index in [9.17, 15) is 4.79 Å². The van der Waals surface area contributed by atoms with Crippen LogP contribution < -0.4 is 16.1 Å². The molecule has 0 radical (unpaired) electrons. The van der Waals surface area contributed by atoms with E-state index in [0.29, 0.717) is 17.9 Å². The third-order valence-corrected chi connectivity index (χ3v) is 2.98. The van der Waals surface area contributed by atoms with E-state index < -0.39 is 5.63 Å². The van der Waals surface area contributed by atoms with Crippen LogP contribution in [0.2, 0.25) is 0 Å². The Hall–Kier alpha value is -2.75. The summed E-state index contributed by atoms with van der Waals surface area (Å²) in [5.41, 5.74) is 6.64. The van der Waals surface area contributed by atoms with Crippen molar-refractivity contribution in [2.45, 2.75) is 6.61 Å². The molecule has 0 unspecified atom stereocenters. The van der Waals surface area contributed by atoms with Gasteiger partial charge >= 0.3 is 5.63 Å². The average molecular weight is 267 g/mol. The van der Waals surface area contributed by atoms with E-state index in [0.717, 1.165) is 10.9 Å². The predicted molar refractivity (Wildman–Crippen MR) is 77.7 cm³/mol. The van der Waals surface area contributed by atoms with Crippen molar-refractivity contribution < 1.29 is 9.15 Å². The molecule has 2 aromatic carbocycles. The van der Waals surface area contributed by atoms with Gasteiger partial charge in [0, 0.05) is 11.5 Å². The fourth-order valence-electron chi connectivity index (χ4n) is 1.94. The first kappa shape index (κ1) is 12.3. The molecule has 0 saturated heterocycles. The fraction of sp³-hybridized carbons (Fsp3) is 0.0625. The summed E-state index contributed by atoms with van der Waals surface area (Å²) in [7, 11) is 0. The Balaban J connectivity index is 1.86. The molecule has 3 rings (SSSR count). The first-order chi connectivity index (χ1) is 9.72. The van der Waals surface area contributed by atoms with Gasteiger partial charge < -0.3 is 14.9 Å². The number of benzene rings is 2. The maximum atomic E-state index is 11.4. The zero-order valence-corrected chi connectivity index (χ0v) is 10.7. The maximum absolute atomic E-state index is 11.4. The lowest BCUT2D eigenvalue weighted by atomic mass is 10.2. The zero-order valence-electron chi connectivity index (χ0n) is 10.7. The van der Waals surface area contributed by atoms with E-state index in [1.165, 1.54) is 0 Å². The van der Waals surface area contributed by atoms with Crippen molar-refractivity contribution in [3.63, 3.8) is 0 Å². The van der Waals surface area contributed by atoms with Gasteiger partial charge in [0.1, 0.15) is 23.6 Å². The van der Waals surface area contributed by atoms with Crippen LogP contribution >= 0.6 is 0 Å². The molecule has 0 aliphatic rings. The number of hydrogen-bond acceptors (Lipinski definition) is 4. The first-order valence-electron chi connectivity index (χ1n) is 6.22. The van der Waals surface area contributed by atoms with E-state index in [1.807, 2.05) is 42.5 Å². The Kier molecular flexibility index (Phi) is 3.13. The van der Waals surface area contributed by atoms with Gasteiger partial charge in [-0.3, -0.25) is 0 Å². The zero-order chi connectivity index (χ0) is 13.9. The molecule has 0 amide bonds. The molecule has 1 aromatic heterocycles. The molecule has 1 heterocycles. The lowest BCUT2D eigenvalue weighted by Crippen LogP contribution is -2.05. The third-order valence-electron chi connectivity index (χ3n) is 2.98. The quantitative estimate of drug-likeness (QED) is 0.741. The molecule has 4 heteroatoms. The number of rotatable bonds is 3. The number of hydrogen-bond donors (Lipinski definition) is 1. The first-order valence-corrected chi connectivity index (χ1v) is 6.22. The molecule has 4 nitrogen and oxygen atoms in total. The normalized spacial score (nSPS) is 10.6. The number of nitrogen functional groups attached to an aromatic ring is 1. The topological polar surface area (TPSA) is 65.5 Å². The smallest absolute Gasteiger partial charge is 0.359 e. The highest BCUT2D eigenvalue weighted by Gasteiger charge is 2.04. The summed E-state index contributed by atoms with van der Waals surface area (Å²) < 4.78 is 10.8. The van der Waals surface area contributed by atoms with Gasteiger partial charge in [-0.2, -0.15) is 0 Å². The van der Waals surface area contributed by atoms with Gasteiger partial charge in [-0.05, 0) is 23.8 Å². The minimum absolute atomic E-state index is 0.107. The second kappa shape index (κ2) is 5.09. The average Bonchev–Trinajstić information content (AvgIpc) is 2.47. The van der Waals surface area contributed by atoms with Gasteiger partial charge in [-0.15, -0.1) is 0 Å². The molecule has 0 aliphatic carbocycles. The van der Waals surface area contributed by atoms with E-state index >= 15 is 0 Å². The second-order valence-electron chi connectivity index (χ2n) is 4.46. The summed E-state index contributed by atoms with van der Waals surface area (Å²) in [6.45, 7) is 0.464. The SMILES string of the molecule is Nc1cc2ccc(OCc3ccccc3)cc2oc1=O. The van der Waals surface area contributed by atoms with E-state index in [4.69, 9.17) is 14.9 Å². The van der Waals surface area contributed by atoms with Crippen LogP contribution in [0.1, 0.15) is 5.56 Å². The van der Waals surface area contributed by atoms with Crippen molar-refractivity contribution in [1.29, 1.82) is 0 Å². The summed E-state index contributed by atoms with van der Waals surface area (Å²) in [5.74, 6) is 0.647. The van der Waals surface area contributed by atoms with Crippen molar-refractivity contribution in [2.24, 2.45) is 0 Å². The lowest BCUT2D eigenvalue weighted by Gasteiger charge is -2.07. The van der Waals surface area contributed by atoms with Gasteiger partial charge in [0.05, 0.1) is 0 Å². The molecular weight excluding hydrogens is 254 g/mol. The molecule has 0 spiro atoms. The highest BCUT2D eigenvalue weighted by atomic mass is 16.5. The molecule has 0 saturated carbocycles. The molecule has 3 aromatic rings. The van der Waals surface area contributed by atoms with Gasteiger partial charge in [-0.25, -0.2) is 4.79 Å². The molecule has 0 aliphatic heterocycles. The van der Waals surface area contributed by atoms with E-state index in [-0.39, 0.29) is 5.69 Å². The van der Waals surface area contributed by atoms with Crippen LogP contribution in [0.4, 0.5) is 5.69 Å². The Morgan fingerprint density at radius 1 is 1.05 bits per heavy atom. The van der Waals surface area contributed by atoms with Crippen LogP contribution in [0.5, 0.6) is 5.75 Å². The van der Waals surface area contributed by atoms with Crippen molar-refractivity contribution in [2.75, 3.05) is 5.73 Å². The van der Waals surface area contributed by atoms with Crippen molar-refractivity contribution in [1.82, 2.24) is 0 Å². The summed E-state index contributed by atoms with van der Waals surface area (Å²) >= 11 is 0. The van der Waals surface area contributed by atoms with Crippen molar-refractivity contribution >= 4 is 16.7 Å². The van der Waals surface area contributed by atoms with E-state index in [1.54, 1.807) is 12.1 Å². The standard InChI is InChI=1S/C16H13NO3/c17-14-8-12-6-7-13(9-15(12)20-16(14)18)19-10-11-4-2-1-3-5-11/h1-9H,10,17H2. The fourth-order valence-corrected chi connectivity index (χ4v) is 1.94. The minimum Gasteiger partial charge on any atom is -0.489 e. The Bertz CT molecular complexity index is 794. The summed E-state index contributed by atoms with van der Waals surface area (Å²) in [6, 6.07) is 16.8. The highest BCUT2D eigenvalue weighted by Crippen LogP contribution is 2.21. The molecule has 0 bridgehead atoms. The van der Waals surface area contributed by atoms with Crippen LogP contribution in [0, 0.1) is 0 Å². The largest absolute Gasteiger partial charge is 0.489 e. The summed E-state index contributed by atoms with van der Waals surface area (Å²) in [5, 5.41) is 0.772. The van der Waals surface area contributed by atoms with Gasteiger partial charge in [0.25, 0.3) is 0 Å². The third kappa shape index (κ3) is 2.49. The van der Waals surface area contributed by atoms with Crippen LogP contribution in [-0.2, 0) is 6.61 Å². The van der Waals surface area contributed by atoms with Crippen LogP contribution in [0.15, 0.2) is 63.8 Å².